The van der Waals surface area contributed by atoms with Crippen LogP contribution in [0.4, 0.5) is 5.82 Å². The molecule has 2 rings (SSSR count). The van der Waals surface area contributed by atoms with Gasteiger partial charge in [-0.3, -0.25) is 0 Å². The highest BCUT2D eigenvalue weighted by molar-refractivity contribution is 6.30. The smallest absolute Gasteiger partial charge is 0.155 e. The number of likely N-dealkylation sites (N-methyl/N-ethyl adjacent to an activating group) is 1. The van der Waals surface area contributed by atoms with Gasteiger partial charge in [0.15, 0.2) is 11.0 Å². The van der Waals surface area contributed by atoms with Crippen molar-refractivity contribution >= 4 is 17.4 Å². The highest BCUT2D eigenvalue weighted by Gasteiger charge is 2.20. The summed E-state index contributed by atoms with van der Waals surface area (Å²) in [5.41, 5.74) is 2.09. The normalized spacial score (nSPS) is 20.8. The zero-order valence-electron chi connectivity index (χ0n) is 10.6. The van der Waals surface area contributed by atoms with Gasteiger partial charge < -0.3 is 10.2 Å². The molecule has 4 nitrogen and oxygen atoms in total. The molecule has 1 aliphatic rings. The Morgan fingerprint density at radius 2 is 2.12 bits per heavy atom. The van der Waals surface area contributed by atoms with E-state index < -0.39 is 0 Å². The summed E-state index contributed by atoms with van der Waals surface area (Å²) in [7, 11) is 2.17. The summed E-state index contributed by atoms with van der Waals surface area (Å²) in [5.74, 6) is 0.854. The zero-order valence-corrected chi connectivity index (χ0v) is 11.4. The summed E-state index contributed by atoms with van der Waals surface area (Å²) in [6, 6.07) is 0.604. The first-order valence-corrected chi connectivity index (χ1v) is 6.41. The predicted octanol–water partition coefficient (Wildman–Crippen LogP) is 2.25. The Hall–Kier alpha value is -0.870. The van der Waals surface area contributed by atoms with E-state index in [0.717, 1.165) is 23.5 Å². The standard InChI is InChI=1S/C12H19ClN4/c1-8-9(2)12(16-15-11(8)13)14-7-10-5-4-6-17(10)3/h10H,4-7H2,1-3H3,(H,14,16). The van der Waals surface area contributed by atoms with Gasteiger partial charge in [-0.05, 0) is 51.4 Å². The molecule has 0 aliphatic carbocycles. The molecule has 0 saturated carbocycles. The zero-order chi connectivity index (χ0) is 12.4. The van der Waals surface area contributed by atoms with E-state index in [2.05, 4.69) is 27.5 Å². The van der Waals surface area contributed by atoms with E-state index in [1.165, 1.54) is 19.4 Å². The van der Waals surface area contributed by atoms with Gasteiger partial charge >= 0.3 is 0 Å². The maximum atomic E-state index is 5.93. The molecule has 94 valence electrons. The average molecular weight is 255 g/mol. The summed E-state index contributed by atoms with van der Waals surface area (Å²) in [4.78, 5) is 2.39. The molecule has 0 aromatic carbocycles. The molecule has 1 aromatic rings. The highest BCUT2D eigenvalue weighted by Crippen LogP contribution is 2.21. The molecule has 0 bridgehead atoms. The average Bonchev–Trinajstić information content (AvgIpc) is 2.71. The molecule has 1 unspecified atom stereocenters. The first kappa shape index (κ1) is 12.6. The number of hydrogen-bond acceptors (Lipinski definition) is 4. The SMILES string of the molecule is Cc1c(Cl)nnc(NCC2CCCN2C)c1C. The van der Waals surface area contributed by atoms with Crippen LogP contribution in [-0.2, 0) is 0 Å². The molecule has 1 aromatic heterocycles. The van der Waals surface area contributed by atoms with Crippen LogP contribution in [0, 0.1) is 13.8 Å². The van der Waals surface area contributed by atoms with Crippen LogP contribution in [0.15, 0.2) is 0 Å². The lowest BCUT2D eigenvalue weighted by Crippen LogP contribution is -2.32. The molecule has 0 spiro atoms. The van der Waals surface area contributed by atoms with Crippen LogP contribution in [-0.4, -0.2) is 41.3 Å². The Morgan fingerprint density at radius 1 is 1.35 bits per heavy atom. The molecule has 1 fully saturated rings. The highest BCUT2D eigenvalue weighted by atomic mass is 35.5. The van der Waals surface area contributed by atoms with Crippen molar-refractivity contribution in [1.29, 1.82) is 0 Å². The van der Waals surface area contributed by atoms with Crippen molar-refractivity contribution in [3.8, 4) is 0 Å². The summed E-state index contributed by atoms with van der Waals surface area (Å²) in [5, 5.41) is 11.9. The van der Waals surface area contributed by atoms with Crippen molar-refractivity contribution in [2.45, 2.75) is 32.7 Å². The molecule has 0 amide bonds. The van der Waals surface area contributed by atoms with Gasteiger partial charge in [0.05, 0.1) is 0 Å². The molecule has 17 heavy (non-hydrogen) atoms. The Morgan fingerprint density at radius 3 is 2.76 bits per heavy atom. The van der Waals surface area contributed by atoms with Crippen LogP contribution in [0.2, 0.25) is 5.15 Å². The van der Waals surface area contributed by atoms with E-state index in [1.807, 2.05) is 13.8 Å². The molecule has 0 radical (unpaired) electrons. The fourth-order valence-corrected chi connectivity index (χ4v) is 2.38. The Balaban J connectivity index is 2.02. The monoisotopic (exact) mass is 254 g/mol. The molecular formula is C12H19ClN4. The quantitative estimate of drug-likeness (QED) is 0.898. The fourth-order valence-electron chi connectivity index (χ4n) is 2.20. The maximum Gasteiger partial charge on any atom is 0.155 e. The van der Waals surface area contributed by atoms with Crippen molar-refractivity contribution < 1.29 is 0 Å². The third-order valence-corrected chi connectivity index (χ3v) is 4.00. The van der Waals surface area contributed by atoms with E-state index in [4.69, 9.17) is 11.6 Å². The lowest BCUT2D eigenvalue weighted by molar-refractivity contribution is 0.322. The topological polar surface area (TPSA) is 41.1 Å². The third kappa shape index (κ3) is 2.69. The van der Waals surface area contributed by atoms with E-state index >= 15 is 0 Å². The van der Waals surface area contributed by atoms with Crippen LogP contribution in [0.5, 0.6) is 0 Å². The largest absolute Gasteiger partial charge is 0.367 e. The van der Waals surface area contributed by atoms with Gasteiger partial charge in [-0.15, -0.1) is 10.2 Å². The molecule has 1 saturated heterocycles. The van der Waals surface area contributed by atoms with Gasteiger partial charge in [-0.1, -0.05) is 11.6 Å². The number of likely N-dealkylation sites (tertiary alicyclic amines) is 1. The van der Waals surface area contributed by atoms with Crippen LogP contribution in [0.25, 0.3) is 0 Å². The number of halogens is 1. The maximum absolute atomic E-state index is 5.93. The number of hydrogen-bond donors (Lipinski definition) is 1. The predicted molar refractivity (Wildman–Crippen MR) is 70.7 cm³/mol. The lowest BCUT2D eigenvalue weighted by Gasteiger charge is -2.20. The third-order valence-electron chi connectivity index (χ3n) is 3.64. The summed E-state index contributed by atoms with van der Waals surface area (Å²) < 4.78 is 0. The minimum Gasteiger partial charge on any atom is -0.367 e. The summed E-state index contributed by atoms with van der Waals surface area (Å²) in [6.07, 6.45) is 2.54. The van der Waals surface area contributed by atoms with Crippen molar-refractivity contribution in [1.82, 2.24) is 15.1 Å². The fraction of sp³-hybridized carbons (Fsp3) is 0.667. The molecule has 5 heteroatoms. The first-order chi connectivity index (χ1) is 8.09. The number of nitrogens with zero attached hydrogens (tertiary/aromatic N) is 3. The summed E-state index contributed by atoms with van der Waals surface area (Å²) in [6.45, 7) is 6.11. The van der Waals surface area contributed by atoms with Gasteiger partial charge in [0.2, 0.25) is 0 Å². The lowest BCUT2D eigenvalue weighted by atomic mass is 10.2. The van der Waals surface area contributed by atoms with Gasteiger partial charge in [-0.2, -0.15) is 0 Å². The van der Waals surface area contributed by atoms with Gasteiger partial charge in [-0.25, -0.2) is 0 Å². The second-order valence-electron chi connectivity index (χ2n) is 4.75. The number of nitrogens with one attached hydrogen (secondary N) is 1. The van der Waals surface area contributed by atoms with E-state index in [0.29, 0.717) is 11.2 Å². The minimum atomic E-state index is 0.492. The van der Waals surface area contributed by atoms with Gasteiger partial charge in [0, 0.05) is 12.6 Å². The van der Waals surface area contributed by atoms with Crippen LogP contribution >= 0.6 is 11.6 Å². The Kier molecular flexibility index (Phi) is 3.84. The second kappa shape index (κ2) is 5.19. The molecular weight excluding hydrogens is 236 g/mol. The van der Waals surface area contributed by atoms with E-state index in [1.54, 1.807) is 0 Å². The van der Waals surface area contributed by atoms with Crippen molar-refractivity contribution in [2.24, 2.45) is 0 Å². The number of aromatic nitrogens is 2. The first-order valence-electron chi connectivity index (χ1n) is 6.03. The van der Waals surface area contributed by atoms with E-state index in [-0.39, 0.29) is 0 Å². The molecule has 1 atom stereocenters. The van der Waals surface area contributed by atoms with Gasteiger partial charge in [0.1, 0.15) is 0 Å². The number of anilines is 1. The van der Waals surface area contributed by atoms with Crippen LogP contribution < -0.4 is 5.32 Å². The molecule has 2 heterocycles. The van der Waals surface area contributed by atoms with Crippen molar-refractivity contribution in [3.63, 3.8) is 0 Å². The summed E-state index contributed by atoms with van der Waals surface area (Å²) >= 11 is 5.93. The van der Waals surface area contributed by atoms with Crippen molar-refractivity contribution in [3.05, 3.63) is 16.3 Å². The van der Waals surface area contributed by atoms with Crippen molar-refractivity contribution in [2.75, 3.05) is 25.5 Å². The second-order valence-corrected chi connectivity index (χ2v) is 5.10. The molecule has 1 aliphatic heterocycles. The van der Waals surface area contributed by atoms with Crippen LogP contribution in [0.1, 0.15) is 24.0 Å². The number of rotatable bonds is 3. The Bertz CT molecular complexity index is 408. The van der Waals surface area contributed by atoms with Gasteiger partial charge in [0.25, 0.3) is 0 Å². The van der Waals surface area contributed by atoms with Crippen LogP contribution in [0.3, 0.4) is 0 Å². The molecule has 1 N–H and O–H groups in total. The van der Waals surface area contributed by atoms with E-state index in [9.17, 15) is 0 Å². The Labute approximate surface area is 107 Å². The minimum absolute atomic E-state index is 0.492.